The number of nitrogens with zero attached hydrogens (tertiary/aromatic N) is 1. The zero-order chi connectivity index (χ0) is 5.82. The Hall–Kier alpha value is -0.120. The van der Waals surface area contributed by atoms with Crippen LogP contribution in [-0.4, -0.2) is 38.5 Å². The van der Waals surface area contributed by atoms with E-state index in [2.05, 4.69) is 0 Å². The lowest BCUT2D eigenvalue weighted by molar-refractivity contribution is -0.127. The number of ether oxygens (including phenoxy) is 1. The molecule has 0 aromatic rings. The lowest BCUT2D eigenvalue weighted by atomic mass is 10.7. The molecule has 0 aromatic carbocycles. The first-order chi connectivity index (χ1) is 3.89. The second-order valence-electron chi connectivity index (χ2n) is 1.80. The molecule has 1 aliphatic heterocycles. The number of hydrogen-bond donors (Lipinski definition) is 0. The summed E-state index contributed by atoms with van der Waals surface area (Å²) >= 11 is 0. The molecule has 1 rings (SSSR count). The summed E-state index contributed by atoms with van der Waals surface area (Å²) in [5.74, 6) is 0. The largest absolute Gasteiger partial charge is 0.378 e. The van der Waals surface area contributed by atoms with Gasteiger partial charge in [0, 0.05) is 13.6 Å². The molecule has 3 heteroatoms. The minimum Gasteiger partial charge on any atom is -0.378 e. The summed E-state index contributed by atoms with van der Waals surface area (Å²) in [4.78, 5) is 5.11. The van der Waals surface area contributed by atoms with Gasteiger partial charge in [0.1, 0.15) is 0 Å². The van der Waals surface area contributed by atoms with E-state index in [0.29, 0.717) is 6.61 Å². The van der Waals surface area contributed by atoms with Crippen molar-refractivity contribution in [3.8, 4) is 0 Å². The fourth-order valence-corrected chi connectivity index (χ4v) is 0.612. The van der Waals surface area contributed by atoms with E-state index in [1.165, 1.54) is 0 Å². The van der Waals surface area contributed by atoms with Crippen LogP contribution in [0.25, 0.3) is 0 Å². The average molecular weight is 117 g/mol. The molecule has 0 unspecified atom stereocenters. The Morgan fingerprint density at radius 1 is 1.25 bits per heavy atom. The van der Waals surface area contributed by atoms with Crippen molar-refractivity contribution in [2.75, 3.05) is 33.4 Å². The van der Waals surface area contributed by atoms with Gasteiger partial charge in [0.15, 0.2) is 0 Å². The van der Waals surface area contributed by atoms with Crippen molar-refractivity contribution < 1.29 is 9.57 Å². The van der Waals surface area contributed by atoms with Gasteiger partial charge in [0.05, 0.1) is 19.8 Å². The topological polar surface area (TPSA) is 21.7 Å². The maximum Gasteiger partial charge on any atom is 0.0918 e. The highest BCUT2D eigenvalue weighted by Gasteiger charge is 2.01. The molecule has 1 fully saturated rings. The Morgan fingerprint density at radius 2 is 2.12 bits per heavy atom. The third-order valence-electron chi connectivity index (χ3n) is 1.09. The summed E-state index contributed by atoms with van der Waals surface area (Å²) in [5, 5.41) is 1.80. The molecule has 0 spiro atoms. The second kappa shape index (κ2) is 3.02. The van der Waals surface area contributed by atoms with E-state index < -0.39 is 0 Å². The maximum atomic E-state index is 5.11. The molecule has 0 N–H and O–H groups in total. The molecule has 0 aliphatic carbocycles. The van der Waals surface area contributed by atoms with E-state index >= 15 is 0 Å². The standard InChI is InChI=1S/C5H11NO2/c1-6-2-3-7-4-5-8-6/h2-5H2,1H3. The van der Waals surface area contributed by atoms with Gasteiger partial charge in [-0.25, -0.2) is 0 Å². The fourth-order valence-electron chi connectivity index (χ4n) is 0.612. The van der Waals surface area contributed by atoms with Crippen molar-refractivity contribution in [1.82, 2.24) is 5.06 Å². The molecule has 0 bridgehead atoms. The minimum atomic E-state index is 0.691. The molecular formula is C5H11NO2. The lowest BCUT2D eigenvalue weighted by Gasteiger charge is -2.09. The van der Waals surface area contributed by atoms with E-state index in [1.54, 1.807) is 5.06 Å². The van der Waals surface area contributed by atoms with E-state index in [-0.39, 0.29) is 0 Å². The summed E-state index contributed by atoms with van der Waals surface area (Å²) < 4.78 is 5.10. The van der Waals surface area contributed by atoms with Gasteiger partial charge in [0.2, 0.25) is 0 Å². The number of hydroxylamine groups is 2. The number of hydrogen-bond acceptors (Lipinski definition) is 3. The van der Waals surface area contributed by atoms with Crippen LogP contribution < -0.4 is 0 Å². The highest BCUT2D eigenvalue weighted by molar-refractivity contribution is 4.40. The molecule has 48 valence electrons. The van der Waals surface area contributed by atoms with E-state index in [1.807, 2.05) is 7.05 Å². The number of likely N-dealkylation sites (N-methyl/N-ethyl adjacent to an activating group) is 1. The molecule has 1 saturated heterocycles. The maximum absolute atomic E-state index is 5.11. The fraction of sp³-hybridized carbons (Fsp3) is 1.00. The van der Waals surface area contributed by atoms with Gasteiger partial charge in [-0.05, 0) is 0 Å². The highest BCUT2D eigenvalue weighted by atomic mass is 16.7. The molecule has 3 nitrogen and oxygen atoms in total. The monoisotopic (exact) mass is 117 g/mol. The minimum absolute atomic E-state index is 0.691. The van der Waals surface area contributed by atoms with Gasteiger partial charge in [-0.15, -0.1) is 0 Å². The molecule has 0 atom stereocenters. The Balaban J connectivity index is 2.17. The molecule has 8 heavy (non-hydrogen) atoms. The van der Waals surface area contributed by atoms with Crippen LogP contribution in [0.1, 0.15) is 0 Å². The molecule has 0 saturated carbocycles. The van der Waals surface area contributed by atoms with Gasteiger partial charge in [-0.2, -0.15) is 5.06 Å². The smallest absolute Gasteiger partial charge is 0.0918 e. The van der Waals surface area contributed by atoms with Gasteiger partial charge in [-0.3, -0.25) is 4.84 Å². The molecular weight excluding hydrogens is 106 g/mol. The third-order valence-corrected chi connectivity index (χ3v) is 1.09. The van der Waals surface area contributed by atoms with Crippen molar-refractivity contribution in [1.29, 1.82) is 0 Å². The van der Waals surface area contributed by atoms with E-state index in [9.17, 15) is 0 Å². The first-order valence-corrected chi connectivity index (χ1v) is 2.81. The van der Waals surface area contributed by atoms with Gasteiger partial charge < -0.3 is 4.74 Å². The van der Waals surface area contributed by atoms with Gasteiger partial charge >= 0.3 is 0 Å². The van der Waals surface area contributed by atoms with Gasteiger partial charge in [0.25, 0.3) is 0 Å². The Kier molecular flexibility index (Phi) is 2.27. The summed E-state index contributed by atoms with van der Waals surface area (Å²) in [5.41, 5.74) is 0. The number of rotatable bonds is 0. The van der Waals surface area contributed by atoms with Crippen molar-refractivity contribution in [2.24, 2.45) is 0 Å². The third kappa shape index (κ3) is 1.78. The van der Waals surface area contributed by atoms with Crippen molar-refractivity contribution in [3.63, 3.8) is 0 Å². The van der Waals surface area contributed by atoms with Crippen molar-refractivity contribution in [3.05, 3.63) is 0 Å². The van der Waals surface area contributed by atoms with Crippen LogP contribution in [0.15, 0.2) is 0 Å². The van der Waals surface area contributed by atoms with E-state index in [0.717, 1.165) is 19.8 Å². The summed E-state index contributed by atoms with van der Waals surface area (Å²) in [6, 6.07) is 0. The lowest BCUT2D eigenvalue weighted by Crippen LogP contribution is -2.19. The molecule has 0 aromatic heterocycles. The summed E-state index contributed by atoms with van der Waals surface area (Å²) in [7, 11) is 1.91. The first kappa shape index (κ1) is 6.01. The Morgan fingerprint density at radius 3 is 3.00 bits per heavy atom. The Bertz CT molecular complexity index is 59.4. The van der Waals surface area contributed by atoms with Crippen LogP contribution in [0.3, 0.4) is 0 Å². The second-order valence-corrected chi connectivity index (χ2v) is 1.80. The van der Waals surface area contributed by atoms with Crippen LogP contribution in [0.5, 0.6) is 0 Å². The van der Waals surface area contributed by atoms with E-state index in [4.69, 9.17) is 9.57 Å². The van der Waals surface area contributed by atoms with Crippen molar-refractivity contribution >= 4 is 0 Å². The SMILES string of the molecule is CN1CCOCCO1. The summed E-state index contributed by atoms with van der Waals surface area (Å²) in [6.07, 6.45) is 0. The molecule has 0 radical (unpaired) electrons. The zero-order valence-electron chi connectivity index (χ0n) is 5.09. The zero-order valence-corrected chi connectivity index (χ0v) is 5.09. The Labute approximate surface area is 49.1 Å². The average Bonchev–Trinajstić information content (AvgIpc) is 1.94. The van der Waals surface area contributed by atoms with Crippen molar-refractivity contribution in [2.45, 2.75) is 0 Å². The van der Waals surface area contributed by atoms with Gasteiger partial charge in [-0.1, -0.05) is 0 Å². The molecule has 1 heterocycles. The predicted octanol–water partition coefficient (Wildman–Crippen LogP) is -0.120. The quantitative estimate of drug-likeness (QED) is 0.441. The normalized spacial score (nSPS) is 25.1. The molecule has 1 aliphatic rings. The van der Waals surface area contributed by atoms with Crippen LogP contribution >= 0.6 is 0 Å². The molecule has 0 amide bonds. The van der Waals surface area contributed by atoms with Crippen LogP contribution in [0.2, 0.25) is 0 Å². The first-order valence-electron chi connectivity index (χ1n) is 2.81. The highest BCUT2D eigenvalue weighted by Crippen LogP contribution is 1.90. The van der Waals surface area contributed by atoms with Crippen LogP contribution in [0.4, 0.5) is 0 Å². The van der Waals surface area contributed by atoms with Crippen LogP contribution in [0, 0.1) is 0 Å². The van der Waals surface area contributed by atoms with Crippen LogP contribution in [-0.2, 0) is 9.57 Å². The summed E-state index contributed by atoms with van der Waals surface area (Å²) in [6.45, 7) is 3.08. The predicted molar refractivity (Wildman–Crippen MR) is 29.4 cm³/mol.